The molecule has 2 amide bonds. The Labute approximate surface area is 178 Å². The lowest BCUT2D eigenvalue weighted by atomic mass is 9.95. The molecule has 0 aliphatic carbocycles. The first-order valence-electron chi connectivity index (χ1n) is 9.78. The summed E-state index contributed by atoms with van der Waals surface area (Å²) in [5, 5.41) is 8.89. The Morgan fingerprint density at radius 3 is 2.42 bits per heavy atom. The highest BCUT2D eigenvalue weighted by molar-refractivity contribution is 6.24. The molecule has 0 spiro atoms. The molecule has 1 aliphatic heterocycles. The molecule has 2 aromatic carbocycles. The lowest BCUT2D eigenvalue weighted by Crippen LogP contribution is -2.36. The first-order chi connectivity index (χ1) is 15.0. The van der Waals surface area contributed by atoms with Gasteiger partial charge in [0.15, 0.2) is 0 Å². The molecule has 0 atom stereocenters. The van der Waals surface area contributed by atoms with Crippen LogP contribution >= 0.6 is 0 Å². The molecule has 7 heteroatoms. The van der Waals surface area contributed by atoms with Crippen LogP contribution in [0, 0.1) is 5.82 Å². The van der Waals surface area contributed by atoms with Crippen molar-refractivity contribution >= 4 is 23.5 Å². The monoisotopic (exact) mass is 417 g/mol. The minimum absolute atomic E-state index is 0.189. The lowest BCUT2D eigenvalue weighted by molar-refractivity contribution is -0.125. The topological polar surface area (TPSA) is 82.5 Å². The Morgan fingerprint density at radius 2 is 1.71 bits per heavy atom. The summed E-state index contributed by atoms with van der Waals surface area (Å²) in [6.07, 6.45) is 5.70. The van der Waals surface area contributed by atoms with Crippen molar-refractivity contribution in [1.29, 1.82) is 0 Å². The predicted octanol–water partition coefficient (Wildman–Crippen LogP) is 3.47. The van der Waals surface area contributed by atoms with Crippen molar-refractivity contribution in [3.8, 4) is 0 Å². The Hall–Kier alpha value is -3.84. The van der Waals surface area contributed by atoms with Crippen molar-refractivity contribution in [2.45, 2.75) is 13.0 Å². The fraction of sp³-hybridized carbons (Fsp3) is 0.125. The van der Waals surface area contributed by atoms with Crippen LogP contribution in [0.2, 0.25) is 0 Å². The average molecular weight is 417 g/mol. The average Bonchev–Trinajstić information content (AvgIpc) is 2.82. The number of benzene rings is 2. The maximum absolute atomic E-state index is 13.5. The van der Waals surface area contributed by atoms with Gasteiger partial charge in [0, 0.05) is 36.6 Å². The summed E-state index contributed by atoms with van der Waals surface area (Å²) in [4.78, 5) is 31.0. The highest BCUT2D eigenvalue weighted by Gasteiger charge is 2.25. The van der Waals surface area contributed by atoms with E-state index in [0.717, 1.165) is 16.7 Å². The first kappa shape index (κ1) is 20.4. The number of fused-ring (bicyclic) bond motifs is 1. The van der Waals surface area contributed by atoms with E-state index in [1.807, 2.05) is 6.07 Å². The molecule has 31 heavy (non-hydrogen) atoms. The van der Waals surface area contributed by atoms with E-state index in [1.54, 1.807) is 65.2 Å². The van der Waals surface area contributed by atoms with Crippen LogP contribution in [-0.2, 0) is 17.8 Å². The van der Waals surface area contributed by atoms with E-state index in [9.17, 15) is 14.0 Å². The van der Waals surface area contributed by atoms with Gasteiger partial charge in [-0.1, -0.05) is 18.2 Å². The number of hydrogen-bond donors (Lipinski definition) is 2. The third kappa shape index (κ3) is 4.51. The molecule has 3 aromatic rings. The van der Waals surface area contributed by atoms with E-state index < -0.39 is 5.91 Å². The Bertz CT molecular complexity index is 1140. The number of nitrogens with one attached hydrogen (secondary N) is 1. The summed E-state index contributed by atoms with van der Waals surface area (Å²) in [5.41, 5.74) is 5.72. The SMILES string of the molecule is O=C(NO)c1ccc2c(c1)CN(C(=O)/C(=C/c1ccncc1)c1ccc(F)cc1)CC2. The number of carbonyl (C=O) groups is 2. The van der Waals surface area contributed by atoms with Crippen LogP contribution in [0.4, 0.5) is 4.39 Å². The van der Waals surface area contributed by atoms with Crippen LogP contribution < -0.4 is 5.48 Å². The molecule has 2 heterocycles. The minimum Gasteiger partial charge on any atom is -0.334 e. The van der Waals surface area contributed by atoms with Gasteiger partial charge in [-0.3, -0.25) is 19.8 Å². The fourth-order valence-corrected chi connectivity index (χ4v) is 3.63. The van der Waals surface area contributed by atoms with Crippen LogP contribution in [0.25, 0.3) is 11.6 Å². The van der Waals surface area contributed by atoms with Gasteiger partial charge in [-0.2, -0.15) is 0 Å². The van der Waals surface area contributed by atoms with E-state index in [1.165, 1.54) is 12.1 Å². The Morgan fingerprint density at radius 1 is 1.00 bits per heavy atom. The van der Waals surface area contributed by atoms with Crippen molar-refractivity contribution in [2.24, 2.45) is 0 Å². The second-order valence-electron chi connectivity index (χ2n) is 7.25. The molecule has 6 nitrogen and oxygen atoms in total. The van der Waals surface area contributed by atoms with Gasteiger partial charge in [0.05, 0.1) is 0 Å². The normalized spacial score (nSPS) is 13.5. The molecule has 0 bridgehead atoms. The summed E-state index contributed by atoms with van der Waals surface area (Å²) >= 11 is 0. The summed E-state index contributed by atoms with van der Waals surface area (Å²) in [6, 6.07) is 14.6. The smallest absolute Gasteiger partial charge is 0.274 e. The molecule has 0 unspecified atom stereocenters. The standard InChI is InChI=1S/C24H20FN3O3/c25-21-5-3-18(4-6-21)22(13-16-7-10-26-11-8-16)24(30)28-12-9-17-1-2-19(23(29)27-31)14-20(17)15-28/h1-8,10-11,13-14,31H,9,12,15H2,(H,27,29)/b22-13+. The minimum atomic E-state index is -0.601. The van der Waals surface area contributed by atoms with Gasteiger partial charge in [0.1, 0.15) is 5.82 Å². The highest BCUT2D eigenvalue weighted by atomic mass is 19.1. The molecule has 0 saturated carbocycles. The molecule has 2 N–H and O–H groups in total. The molecule has 1 aliphatic rings. The molecular formula is C24H20FN3O3. The first-order valence-corrected chi connectivity index (χ1v) is 9.78. The molecule has 0 radical (unpaired) electrons. The van der Waals surface area contributed by atoms with Gasteiger partial charge >= 0.3 is 0 Å². The van der Waals surface area contributed by atoms with Gasteiger partial charge in [-0.25, -0.2) is 9.87 Å². The number of amides is 2. The van der Waals surface area contributed by atoms with Crippen LogP contribution in [0.3, 0.4) is 0 Å². The zero-order valence-corrected chi connectivity index (χ0v) is 16.6. The molecule has 156 valence electrons. The van der Waals surface area contributed by atoms with E-state index in [-0.39, 0.29) is 11.7 Å². The number of halogens is 1. The van der Waals surface area contributed by atoms with E-state index >= 15 is 0 Å². The lowest BCUT2D eigenvalue weighted by Gasteiger charge is -2.30. The van der Waals surface area contributed by atoms with Crippen LogP contribution in [0.1, 0.15) is 32.6 Å². The van der Waals surface area contributed by atoms with Crippen molar-refractivity contribution in [1.82, 2.24) is 15.4 Å². The van der Waals surface area contributed by atoms with Crippen molar-refractivity contribution < 1.29 is 19.2 Å². The van der Waals surface area contributed by atoms with Gasteiger partial charge in [-0.15, -0.1) is 0 Å². The van der Waals surface area contributed by atoms with Crippen molar-refractivity contribution in [3.63, 3.8) is 0 Å². The maximum atomic E-state index is 13.5. The van der Waals surface area contributed by atoms with Crippen LogP contribution in [0.15, 0.2) is 67.0 Å². The van der Waals surface area contributed by atoms with Gasteiger partial charge < -0.3 is 4.90 Å². The van der Waals surface area contributed by atoms with Crippen LogP contribution in [0.5, 0.6) is 0 Å². The fourth-order valence-electron chi connectivity index (χ4n) is 3.63. The molecule has 4 rings (SSSR count). The van der Waals surface area contributed by atoms with Crippen LogP contribution in [-0.4, -0.2) is 33.5 Å². The van der Waals surface area contributed by atoms with Crippen molar-refractivity contribution in [2.75, 3.05) is 6.54 Å². The third-order valence-corrected chi connectivity index (χ3v) is 5.27. The molecular weight excluding hydrogens is 397 g/mol. The van der Waals surface area contributed by atoms with E-state index in [4.69, 9.17) is 5.21 Å². The highest BCUT2D eigenvalue weighted by Crippen LogP contribution is 2.26. The van der Waals surface area contributed by atoms with Gasteiger partial charge in [0.2, 0.25) is 0 Å². The third-order valence-electron chi connectivity index (χ3n) is 5.27. The number of carbonyl (C=O) groups excluding carboxylic acids is 2. The molecule has 0 fully saturated rings. The Balaban J connectivity index is 1.67. The van der Waals surface area contributed by atoms with Gasteiger partial charge in [0.25, 0.3) is 11.8 Å². The molecule has 0 saturated heterocycles. The van der Waals surface area contributed by atoms with Gasteiger partial charge in [-0.05, 0) is 71.1 Å². The number of rotatable bonds is 4. The number of hydroxylamine groups is 1. The quantitative estimate of drug-likeness (QED) is 0.387. The maximum Gasteiger partial charge on any atom is 0.274 e. The molecule has 1 aromatic heterocycles. The largest absolute Gasteiger partial charge is 0.334 e. The number of aromatic nitrogens is 1. The summed E-state index contributed by atoms with van der Waals surface area (Å²) < 4.78 is 13.5. The zero-order chi connectivity index (χ0) is 21.8. The van der Waals surface area contributed by atoms with E-state index in [2.05, 4.69) is 4.98 Å². The second-order valence-corrected chi connectivity index (χ2v) is 7.25. The van der Waals surface area contributed by atoms with E-state index in [0.29, 0.717) is 36.2 Å². The number of pyridine rings is 1. The van der Waals surface area contributed by atoms with Crippen molar-refractivity contribution in [3.05, 3.63) is 101 Å². The number of nitrogens with zero attached hydrogens (tertiary/aromatic N) is 2. The zero-order valence-electron chi connectivity index (χ0n) is 16.6. The summed E-state index contributed by atoms with van der Waals surface area (Å²) in [7, 11) is 0. The summed E-state index contributed by atoms with van der Waals surface area (Å²) in [5.74, 6) is -1.16. The predicted molar refractivity (Wildman–Crippen MR) is 113 cm³/mol. The second kappa shape index (κ2) is 8.89. The Kier molecular flexibility index (Phi) is 5.86. The summed E-state index contributed by atoms with van der Waals surface area (Å²) in [6.45, 7) is 0.849. The number of hydrogen-bond acceptors (Lipinski definition) is 4.